The van der Waals surface area contributed by atoms with E-state index in [1.807, 2.05) is 13.0 Å². The summed E-state index contributed by atoms with van der Waals surface area (Å²) in [6.07, 6.45) is 5.35. The van der Waals surface area contributed by atoms with Crippen LogP contribution in [0.1, 0.15) is 35.0 Å². The van der Waals surface area contributed by atoms with Gasteiger partial charge in [0.05, 0.1) is 0 Å². The molecule has 0 spiro atoms. The van der Waals surface area contributed by atoms with Crippen LogP contribution >= 0.6 is 0 Å². The molecule has 1 aromatic heterocycles. The smallest absolute Gasteiger partial charge is 0.168 e. The van der Waals surface area contributed by atoms with E-state index in [-0.39, 0.29) is 5.78 Å². The first-order chi connectivity index (χ1) is 7.24. The maximum Gasteiger partial charge on any atom is 0.168 e. The van der Waals surface area contributed by atoms with Gasteiger partial charge in [-0.05, 0) is 35.3 Å². The van der Waals surface area contributed by atoms with Gasteiger partial charge >= 0.3 is 0 Å². The van der Waals surface area contributed by atoms with E-state index in [1.165, 1.54) is 0 Å². The second-order valence-corrected chi connectivity index (χ2v) is 3.55. The zero-order chi connectivity index (χ0) is 10.8. The van der Waals surface area contributed by atoms with Gasteiger partial charge in [0.1, 0.15) is 5.69 Å². The third-order valence-corrected chi connectivity index (χ3v) is 2.59. The first kappa shape index (κ1) is 9.77. The van der Waals surface area contributed by atoms with Crippen LogP contribution in [-0.4, -0.2) is 17.1 Å². The Morgan fingerprint density at radius 2 is 2.33 bits per heavy atom. The molecule has 0 unspecified atom stereocenters. The molecule has 1 heterocycles. The number of hydrogen-bond donors (Lipinski definition) is 0. The molecule has 3 nitrogen and oxygen atoms in total. The molecule has 15 heavy (non-hydrogen) atoms. The minimum Gasteiger partial charge on any atom is -0.296 e. The van der Waals surface area contributed by atoms with Crippen LogP contribution in [-0.2, 0) is 11.2 Å². The number of pyridine rings is 1. The van der Waals surface area contributed by atoms with E-state index >= 15 is 0 Å². The molecule has 1 aliphatic carbocycles. The standard InChI is InChI=1S/C12H11NO2/c1-2-8-3-10-6-13-11(7-14)4-9(10)5-12(8)15/h3-4,6-7H,2,5H2,1H3. The SMILES string of the molecule is CCC1=Cc2cnc(C=O)cc2CC1=O. The zero-order valence-electron chi connectivity index (χ0n) is 8.49. The summed E-state index contributed by atoms with van der Waals surface area (Å²) in [6.45, 7) is 1.96. The Kier molecular flexibility index (Phi) is 2.46. The molecule has 0 atom stereocenters. The number of aromatic nitrogens is 1. The van der Waals surface area contributed by atoms with Gasteiger partial charge in [-0.15, -0.1) is 0 Å². The van der Waals surface area contributed by atoms with Gasteiger partial charge in [0.2, 0.25) is 0 Å². The van der Waals surface area contributed by atoms with Crippen LogP contribution in [0.15, 0.2) is 17.8 Å². The Bertz CT molecular complexity index is 461. The van der Waals surface area contributed by atoms with Crippen molar-refractivity contribution in [2.75, 3.05) is 0 Å². The molecule has 0 fully saturated rings. The van der Waals surface area contributed by atoms with Crippen LogP contribution in [0.4, 0.5) is 0 Å². The number of aldehydes is 1. The molecular weight excluding hydrogens is 190 g/mol. The monoisotopic (exact) mass is 201 g/mol. The minimum atomic E-state index is 0.146. The van der Waals surface area contributed by atoms with E-state index in [4.69, 9.17) is 0 Å². The second-order valence-electron chi connectivity index (χ2n) is 3.55. The van der Waals surface area contributed by atoms with Crippen molar-refractivity contribution in [3.63, 3.8) is 0 Å². The molecule has 0 aliphatic heterocycles. The van der Waals surface area contributed by atoms with Crippen molar-refractivity contribution >= 4 is 18.1 Å². The summed E-state index contributed by atoms with van der Waals surface area (Å²) in [5.41, 5.74) is 3.07. The molecule has 0 radical (unpaired) electrons. The van der Waals surface area contributed by atoms with Crippen LogP contribution in [0.3, 0.4) is 0 Å². The number of nitrogens with zero attached hydrogens (tertiary/aromatic N) is 1. The number of allylic oxidation sites excluding steroid dienone is 1. The number of rotatable bonds is 2. The van der Waals surface area contributed by atoms with Crippen LogP contribution in [0.5, 0.6) is 0 Å². The lowest BCUT2D eigenvalue weighted by molar-refractivity contribution is -0.115. The van der Waals surface area contributed by atoms with Crippen LogP contribution < -0.4 is 0 Å². The molecule has 1 aliphatic rings. The molecule has 0 N–H and O–H groups in total. The zero-order valence-corrected chi connectivity index (χ0v) is 8.49. The molecule has 0 saturated heterocycles. The van der Waals surface area contributed by atoms with E-state index in [2.05, 4.69) is 4.98 Å². The van der Waals surface area contributed by atoms with E-state index < -0.39 is 0 Å². The first-order valence-corrected chi connectivity index (χ1v) is 4.92. The third kappa shape index (κ3) is 1.73. The average Bonchev–Trinajstić information content (AvgIpc) is 2.27. The molecular formula is C12H11NO2. The number of Topliss-reactive ketones (excluding diaryl/α,β-unsaturated/α-hetero) is 1. The highest BCUT2D eigenvalue weighted by Crippen LogP contribution is 2.22. The van der Waals surface area contributed by atoms with Crippen LogP contribution in [0.2, 0.25) is 0 Å². The van der Waals surface area contributed by atoms with Crippen molar-refractivity contribution in [2.24, 2.45) is 0 Å². The van der Waals surface area contributed by atoms with Gasteiger partial charge in [0.25, 0.3) is 0 Å². The lowest BCUT2D eigenvalue weighted by Crippen LogP contribution is -2.12. The molecule has 1 aromatic rings. The number of fused-ring (bicyclic) bond motifs is 1. The Balaban J connectivity index is 2.50. The van der Waals surface area contributed by atoms with Gasteiger partial charge in [-0.1, -0.05) is 6.92 Å². The fourth-order valence-electron chi connectivity index (χ4n) is 1.73. The normalized spacial score (nSPS) is 14.5. The molecule has 0 amide bonds. The predicted octanol–water partition coefficient (Wildman–Crippen LogP) is 1.81. The summed E-state index contributed by atoms with van der Waals surface area (Å²) in [6, 6.07) is 1.68. The summed E-state index contributed by atoms with van der Waals surface area (Å²) < 4.78 is 0. The summed E-state index contributed by atoms with van der Waals surface area (Å²) in [7, 11) is 0. The van der Waals surface area contributed by atoms with Crippen molar-refractivity contribution in [3.8, 4) is 0 Å². The quantitative estimate of drug-likeness (QED) is 0.685. The molecule has 76 valence electrons. The maximum absolute atomic E-state index is 11.6. The molecule has 0 saturated carbocycles. The Morgan fingerprint density at radius 3 is 3.00 bits per heavy atom. The fourth-order valence-corrected chi connectivity index (χ4v) is 1.73. The van der Waals surface area contributed by atoms with E-state index in [0.29, 0.717) is 18.4 Å². The van der Waals surface area contributed by atoms with Gasteiger partial charge in [-0.2, -0.15) is 0 Å². The molecule has 3 heteroatoms. The van der Waals surface area contributed by atoms with Crippen molar-refractivity contribution < 1.29 is 9.59 Å². The summed E-state index contributed by atoms with van der Waals surface area (Å²) in [5, 5.41) is 0. The van der Waals surface area contributed by atoms with Crippen molar-refractivity contribution in [1.82, 2.24) is 4.98 Å². The van der Waals surface area contributed by atoms with Crippen molar-refractivity contribution in [2.45, 2.75) is 19.8 Å². The highest BCUT2D eigenvalue weighted by Gasteiger charge is 2.17. The van der Waals surface area contributed by atoms with E-state index in [1.54, 1.807) is 12.3 Å². The van der Waals surface area contributed by atoms with E-state index in [9.17, 15) is 9.59 Å². The summed E-state index contributed by atoms with van der Waals surface area (Å²) in [4.78, 5) is 26.1. The van der Waals surface area contributed by atoms with Crippen LogP contribution in [0.25, 0.3) is 6.08 Å². The number of carbonyl (C=O) groups excluding carboxylic acids is 2. The Morgan fingerprint density at radius 1 is 1.53 bits per heavy atom. The van der Waals surface area contributed by atoms with Gasteiger partial charge in [-0.3, -0.25) is 14.6 Å². The molecule has 2 rings (SSSR count). The van der Waals surface area contributed by atoms with E-state index in [0.717, 1.165) is 23.1 Å². The first-order valence-electron chi connectivity index (χ1n) is 4.92. The van der Waals surface area contributed by atoms with Crippen LogP contribution in [0, 0.1) is 0 Å². The van der Waals surface area contributed by atoms with Gasteiger partial charge in [-0.25, -0.2) is 0 Å². The highest BCUT2D eigenvalue weighted by molar-refractivity contribution is 6.03. The number of hydrogen-bond acceptors (Lipinski definition) is 3. The van der Waals surface area contributed by atoms with Crippen molar-refractivity contribution in [1.29, 1.82) is 0 Å². The largest absolute Gasteiger partial charge is 0.296 e. The fraction of sp³-hybridized carbons (Fsp3) is 0.250. The lowest BCUT2D eigenvalue weighted by Gasteiger charge is -2.14. The Labute approximate surface area is 87.8 Å². The Hall–Kier alpha value is -1.77. The summed E-state index contributed by atoms with van der Waals surface area (Å²) in [5.74, 6) is 0.146. The number of ketones is 1. The average molecular weight is 201 g/mol. The van der Waals surface area contributed by atoms with Gasteiger partial charge < -0.3 is 0 Å². The van der Waals surface area contributed by atoms with Gasteiger partial charge in [0.15, 0.2) is 12.1 Å². The highest BCUT2D eigenvalue weighted by atomic mass is 16.1. The van der Waals surface area contributed by atoms with Gasteiger partial charge in [0, 0.05) is 12.6 Å². The topological polar surface area (TPSA) is 47.0 Å². The molecule has 0 aromatic carbocycles. The second kappa shape index (κ2) is 3.77. The predicted molar refractivity (Wildman–Crippen MR) is 56.6 cm³/mol. The maximum atomic E-state index is 11.6. The van der Waals surface area contributed by atoms with Crippen molar-refractivity contribution in [3.05, 3.63) is 34.7 Å². The summed E-state index contributed by atoms with van der Waals surface area (Å²) >= 11 is 0. The third-order valence-electron chi connectivity index (χ3n) is 2.59. The lowest BCUT2D eigenvalue weighted by atomic mass is 9.91. The minimum absolute atomic E-state index is 0.146. The number of carbonyl (C=O) groups is 2. The molecule has 0 bridgehead atoms.